The summed E-state index contributed by atoms with van der Waals surface area (Å²) in [6.45, 7) is 0. The highest BCUT2D eigenvalue weighted by Crippen LogP contribution is 2.17. The maximum atomic E-state index is 12.4. The molecule has 0 saturated carbocycles. The number of carbonyl (C=O) groups is 1. The van der Waals surface area contributed by atoms with Crippen molar-refractivity contribution in [3.63, 3.8) is 0 Å². The van der Waals surface area contributed by atoms with Crippen LogP contribution in [0, 0.1) is 0 Å². The van der Waals surface area contributed by atoms with Crippen LogP contribution < -0.4 is 5.32 Å². The number of anilines is 1. The van der Waals surface area contributed by atoms with E-state index in [1.54, 1.807) is 30.9 Å². The van der Waals surface area contributed by atoms with Crippen molar-refractivity contribution in [3.05, 3.63) is 85.1 Å². The topological polar surface area (TPSA) is 59.8 Å². The maximum Gasteiger partial charge on any atom is 0.255 e. The van der Waals surface area contributed by atoms with Crippen LogP contribution >= 0.6 is 0 Å². The van der Waals surface area contributed by atoms with Gasteiger partial charge < -0.3 is 9.88 Å². The molecule has 0 aliphatic heterocycles. The van der Waals surface area contributed by atoms with Crippen LogP contribution in [0.15, 0.2) is 79.5 Å². The summed E-state index contributed by atoms with van der Waals surface area (Å²) in [4.78, 5) is 20.8. The fourth-order valence-corrected chi connectivity index (χ4v) is 2.54. The smallest absolute Gasteiger partial charge is 0.255 e. The normalized spacial score (nSPS) is 10.7. The molecule has 0 bridgehead atoms. The second-order valence-corrected chi connectivity index (χ2v) is 5.39. The number of para-hydroxylation sites is 1. The third-order valence-electron chi connectivity index (χ3n) is 3.78. The van der Waals surface area contributed by atoms with Crippen LogP contribution in [-0.2, 0) is 0 Å². The average molecular weight is 314 g/mol. The van der Waals surface area contributed by atoms with Crippen molar-refractivity contribution >= 4 is 22.5 Å². The van der Waals surface area contributed by atoms with Gasteiger partial charge >= 0.3 is 0 Å². The summed E-state index contributed by atoms with van der Waals surface area (Å²) >= 11 is 0. The molecule has 0 atom stereocenters. The minimum absolute atomic E-state index is 0.163. The minimum atomic E-state index is -0.163. The van der Waals surface area contributed by atoms with E-state index in [4.69, 9.17) is 0 Å². The Hall–Kier alpha value is -3.47. The number of amides is 1. The molecule has 0 radical (unpaired) electrons. The molecule has 0 fully saturated rings. The molecule has 2 heterocycles. The van der Waals surface area contributed by atoms with Gasteiger partial charge in [-0.15, -0.1) is 0 Å². The predicted octanol–water partition coefficient (Wildman–Crippen LogP) is 3.67. The van der Waals surface area contributed by atoms with Gasteiger partial charge in [-0.25, -0.2) is 4.98 Å². The lowest BCUT2D eigenvalue weighted by Gasteiger charge is -2.07. The molecule has 24 heavy (non-hydrogen) atoms. The zero-order valence-corrected chi connectivity index (χ0v) is 12.8. The molecule has 4 rings (SSSR count). The Kier molecular flexibility index (Phi) is 3.51. The number of carbonyl (C=O) groups excluding carboxylic acids is 1. The van der Waals surface area contributed by atoms with Crippen LogP contribution in [0.2, 0.25) is 0 Å². The second kappa shape index (κ2) is 5.96. The molecule has 0 unspecified atom stereocenters. The van der Waals surface area contributed by atoms with Gasteiger partial charge in [0.25, 0.3) is 5.91 Å². The van der Waals surface area contributed by atoms with E-state index in [-0.39, 0.29) is 5.91 Å². The first-order valence-electron chi connectivity index (χ1n) is 7.54. The SMILES string of the molecule is O=C(Nc1cnc2ccccc2c1)c1ccc(-n2ccnc2)cc1. The first-order valence-corrected chi connectivity index (χ1v) is 7.54. The third kappa shape index (κ3) is 2.75. The highest BCUT2D eigenvalue weighted by Gasteiger charge is 2.07. The van der Waals surface area contributed by atoms with Crippen molar-refractivity contribution in [2.75, 3.05) is 5.32 Å². The van der Waals surface area contributed by atoms with Crippen LogP contribution in [0.25, 0.3) is 16.6 Å². The molecule has 0 aliphatic rings. The molecular formula is C19H14N4O. The molecule has 0 spiro atoms. The molecule has 0 aliphatic carbocycles. The lowest BCUT2D eigenvalue weighted by molar-refractivity contribution is 0.102. The third-order valence-corrected chi connectivity index (χ3v) is 3.78. The summed E-state index contributed by atoms with van der Waals surface area (Å²) in [5.74, 6) is -0.163. The fourth-order valence-electron chi connectivity index (χ4n) is 2.54. The first-order chi connectivity index (χ1) is 11.8. The van der Waals surface area contributed by atoms with Gasteiger partial charge in [0.15, 0.2) is 0 Å². The van der Waals surface area contributed by atoms with E-state index in [1.807, 2.05) is 53.2 Å². The Bertz CT molecular complexity index is 992. The Morgan fingerprint density at radius 3 is 2.67 bits per heavy atom. The van der Waals surface area contributed by atoms with Gasteiger partial charge in [0, 0.05) is 29.0 Å². The Morgan fingerprint density at radius 2 is 1.88 bits per heavy atom. The van der Waals surface area contributed by atoms with Crippen LogP contribution in [-0.4, -0.2) is 20.4 Å². The number of imidazole rings is 1. The summed E-state index contributed by atoms with van der Waals surface area (Å²) in [5.41, 5.74) is 3.13. The molecule has 1 amide bonds. The van der Waals surface area contributed by atoms with Crippen LogP contribution in [0.1, 0.15) is 10.4 Å². The average Bonchev–Trinajstić information content (AvgIpc) is 3.16. The summed E-state index contributed by atoms with van der Waals surface area (Å²) in [6.07, 6.45) is 6.96. The summed E-state index contributed by atoms with van der Waals surface area (Å²) in [7, 11) is 0. The number of pyridine rings is 1. The van der Waals surface area contributed by atoms with Crippen molar-refractivity contribution in [1.82, 2.24) is 14.5 Å². The summed E-state index contributed by atoms with van der Waals surface area (Å²) in [6, 6.07) is 17.1. The van der Waals surface area contributed by atoms with Gasteiger partial charge in [0.2, 0.25) is 0 Å². The highest BCUT2D eigenvalue weighted by molar-refractivity contribution is 6.05. The van der Waals surface area contributed by atoms with Crippen LogP contribution in [0.5, 0.6) is 0 Å². The maximum absolute atomic E-state index is 12.4. The van der Waals surface area contributed by atoms with E-state index < -0.39 is 0 Å². The largest absolute Gasteiger partial charge is 0.321 e. The van der Waals surface area contributed by atoms with E-state index in [0.717, 1.165) is 16.6 Å². The van der Waals surface area contributed by atoms with Gasteiger partial charge in [-0.1, -0.05) is 18.2 Å². The fraction of sp³-hybridized carbons (Fsp3) is 0. The lowest BCUT2D eigenvalue weighted by atomic mass is 10.1. The quantitative estimate of drug-likeness (QED) is 0.627. The van der Waals surface area contributed by atoms with Gasteiger partial charge in [0.1, 0.15) is 0 Å². The highest BCUT2D eigenvalue weighted by atomic mass is 16.1. The first kappa shape index (κ1) is 14.1. The van der Waals surface area contributed by atoms with E-state index in [9.17, 15) is 4.79 Å². The zero-order valence-electron chi connectivity index (χ0n) is 12.8. The van der Waals surface area contributed by atoms with E-state index in [2.05, 4.69) is 15.3 Å². The molecule has 1 N–H and O–H groups in total. The van der Waals surface area contributed by atoms with Crippen molar-refractivity contribution in [2.24, 2.45) is 0 Å². The van der Waals surface area contributed by atoms with E-state index in [1.165, 1.54) is 0 Å². The Balaban J connectivity index is 1.54. The summed E-state index contributed by atoms with van der Waals surface area (Å²) in [5, 5.41) is 3.88. The molecule has 0 saturated heterocycles. The predicted molar refractivity (Wildman–Crippen MR) is 93.3 cm³/mol. The van der Waals surface area contributed by atoms with Crippen molar-refractivity contribution in [2.45, 2.75) is 0 Å². The number of rotatable bonds is 3. The van der Waals surface area contributed by atoms with Gasteiger partial charge in [-0.05, 0) is 36.4 Å². The number of hydrogen-bond acceptors (Lipinski definition) is 3. The van der Waals surface area contributed by atoms with Crippen molar-refractivity contribution < 1.29 is 4.79 Å². The molecule has 5 nitrogen and oxygen atoms in total. The number of benzene rings is 2. The lowest BCUT2D eigenvalue weighted by Crippen LogP contribution is -2.12. The van der Waals surface area contributed by atoms with Crippen LogP contribution in [0.4, 0.5) is 5.69 Å². The number of fused-ring (bicyclic) bond motifs is 1. The van der Waals surface area contributed by atoms with Crippen LogP contribution in [0.3, 0.4) is 0 Å². The second-order valence-electron chi connectivity index (χ2n) is 5.39. The number of hydrogen-bond donors (Lipinski definition) is 1. The zero-order chi connectivity index (χ0) is 16.4. The number of nitrogens with one attached hydrogen (secondary N) is 1. The van der Waals surface area contributed by atoms with Gasteiger partial charge in [-0.3, -0.25) is 9.78 Å². The molecule has 2 aromatic heterocycles. The Morgan fingerprint density at radius 1 is 1.04 bits per heavy atom. The Labute approximate surface area is 138 Å². The monoisotopic (exact) mass is 314 g/mol. The number of aromatic nitrogens is 3. The molecular weight excluding hydrogens is 300 g/mol. The summed E-state index contributed by atoms with van der Waals surface area (Å²) < 4.78 is 1.88. The van der Waals surface area contributed by atoms with Crippen molar-refractivity contribution in [3.8, 4) is 5.69 Å². The van der Waals surface area contributed by atoms with Crippen molar-refractivity contribution in [1.29, 1.82) is 0 Å². The standard InChI is InChI=1S/C19H14N4O/c24-19(14-5-7-17(8-6-14)23-10-9-20-13-23)22-16-11-15-3-1-2-4-18(15)21-12-16/h1-13H,(H,22,24). The minimum Gasteiger partial charge on any atom is -0.321 e. The number of nitrogens with zero attached hydrogens (tertiary/aromatic N) is 3. The molecule has 116 valence electrons. The van der Waals surface area contributed by atoms with Gasteiger partial charge in [-0.2, -0.15) is 0 Å². The molecule has 2 aromatic carbocycles. The molecule has 5 heteroatoms. The van der Waals surface area contributed by atoms with E-state index >= 15 is 0 Å². The molecule has 4 aromatic rings. The van der Waals surface area contributed by atoms with Gasteiger partial charge in [0.05, 0.1) is 23.7 Å². The van der Waals surface area contributed by atoms with E-state index in [0.29, 0.717) is 11.3 Å².